The quantitative estimate of drug-likeness (QED) is 0.161. The van der Waals surface area contributed by atoms with Crippen LogP contribution < -0.4 is 4.90 Å². The van der Waals surface area contributed by atoms with Gasteiger partial charge >= 0.3 is 0 Å². The fourth-order valence-corrected chi connectivity index (χ4v) is 11.6. The van der Waals surface area contributed by atoms with Crippen LogP contribution in [0.25, 0.3) is 33.4 Å². The molecular formula is C66H51N. The van der Waals surface area contributed by atoms with Crippen LogP contribution in [0, 0.1) is 0 Å². The lowest BCUT2D eigenvalue weighted by Gasteiger charge is -2.35. The fraction of sp³-hybridized carbons (Fsp3) is 0.0909. The highest BCUT2D eigenvalue weighted by molar-refractivity contribution is 5.90. The molecule has 0 aromatic heterocycles. The molecule has 0 N–H and O–H groups in total. The summed E-state index contributed by atoms with van der Waals surface area (Å²) in [7, 11) is 0. The maximum atomic E-state index is 2.49. The minimum absolute atomic E-state index is 0.206. The summed E-state index contributed by atoms with van der Waals surface area (Å²) in [6.45, 7) is 4.81. The van der Waals surface area contributed by atoms with Crippen LogP contribution in [0.2, 0.25) is 0 Å². The van der Waals surface area contributed by atoms with E-state index < -0.39 is 5.41 Å². The molecule has 10 aromatic rings. The third-order valence-corrected chi connectivity index (χ3v) is 14.7. The van der Waals surface area contributed by atoms with Gasteiger partial charge in [0.2, 0.25) is 0 Å². The summed E-state index contributed by atoms with van der Waals surface area (Å²) in [5.41, 5.74) is 23.4. The molecule has 0 aliphatic heterocycles. The highest BCUT2D eigenvalue weighted by Gasteiger charge is 2.46. The Balaban J connectivity index is 1.10. The number of hydrogen-bond donors (Lipinski definition) is 0. The highest BCUT2D eigenvalue weighted by atomic mass is 15.1. The van der Waals surface area contributed by atoms with Gasteiger partial charge in [-0.1, -0.05) is 226 Å². The largest absolute Gasteiger partial charge is 0.310 e. The molecular weight excluding hydrogens is 807 g/mol. The van der Waals surface area contributed by atoms with Crippen LogP contribution in [0.4, 0.5) is 17.1 Å². The predicted octanol–water partition coefficient (Wildman–Crippen LogP) is 16.7. The van der Waals surface area contributed by atoms with Crippen molar-refractivity contribution in [2.45, 2.75) is 37.5 Å². The molecule has 12 rings (SSSR count). The molecule has 0 saturated carbocycles. The van der Waals surface area contributed by atoms with E-state index in [0.717, 1.165) is 29.9 Å². The average molecular weight is 858 g/mol. The molecule has 1 nitrogen and oxygen atoms in total. The summed E-state index contributed by atoms with van der Waals surface area (Å²) in [4.78, 5) is 2.49. The van der Waals surface area contributed by atoms with Crippen LogP contribution in [0.15, 0.2) is 249 Å². The zero-order valence-corrected chi connectivity index (χ0v) is 38.0. The summed E-state index contributed by atoms with van der Waals surface area (Å²) in [6, 6.07) is 92.8. The smallest absolute Gasteiger partial charge is 0.0714 e. The van der Waals surface area contributed by atoms with E-state index >= 15 is 0 Å². The Bertz CT molecular complexity index is 3380. The van der Waals surface area contributed by atoms with Gasteiger partial charge in [-0.25, -0.2) is 0 Å². The molecule has 1 heteroatoms. The van der Waals surface area contributed by atoms with Crippen LogP contribution in [0.1, 0.15) is 69.5 Å². The van der Waals surface area contributed by atoms with Crippen LogP contribution in [-0.4, -0.2) is 0 Å². The molecule has 10 aromatic carbocycles. The first-order valence-corrected chi connectivity index (χ1v) is 23.7. The topological polar surface area (TPSA) is 3.24 Å². The van der Waals surface area contributed by atoms with Gasteiger partial charge in [-0.15, -0.1) is 0 Å². The zero-order valence-electron chi connectivity index (χ0n) is 38.0. The van der Waals surface area contributed by atoms with Gasteiger partial charge in [0.05, 0.1) is 5.41 Å². The van der Waals surface area contributed by atoms with E-state index in [4.69, 9.17) is 0 Å². The Kier molecular flexibility index (Phi) is 9.95. The van der Waals surface area contributed by atoms with Gasteiger partial charge in [0, 0.05) is 22.5 Å². The molecule has 2 aliphatic carbocycles. The Morgan fingerprint density at radius 3 is 1.34 bits per heavy atom. The third-order valence-electron chi connectivity index (χ3n) is 14.7. The van der Waals surface area contributed by atoms with E-state index in [0.29, 0.717) is 0 Å². The summed E-state index contributed by atoms with van der Waals surface area (Å²) >= 11 is 0. The first kappa shape index (κ1) is 40.5. The zero-order chi connectivity index (χ0) is 45.0. The van der Waals surface area contributed by atoms with Crippen molar-refractivity contribution in [3.8, 4) is 33.4 Å². The summed E-state index contributed by atoms with van der Waals surface area (Å²) in [6.07, 6.45) is 1.66. The second-order valence-electron chi connectivity index (χ2n) is 18.8. The normalized spacial score (nSPS) is 13.9. The average Bonchev–Trinajstić information content (AvgIpc) is 3.68. The Labute approximate surface area is 395 Å². The van der Waals surface area contributed by atoms with Crippen molar-refractivity contribution in [2.24, 2.45) is 0 Å². The maximum Gasteiger partial charge on any atom is 0.0714 e. The number of hydrogen-bond acceptors (Lipinski definition) is 1. The lowest BCUT2D eigenvalue weighted by Crippen LogP contribution is -2.28. The fourth-order valence-electron chi connectivity index (χ4n) is 11.6. The Hall–Kier alpha value is -8.00. The predicted molar refractivity (Wildman–Crippen MR) is 280 cm³/mol. The number of fused-ring (bicyclic) bond motifs is 8. The van der Waals surface area contributed by atoms with Gasteiger partial charge in [0.25, 0.3) is 0 Å². The molecule has 0 atom stereocenters. The van der Waals surface area contributed by atoms with Crippen LogP contribution in [-0.2, 0) is 23.7 Å². The standard InChI is InChI=1S/C66H51N/c1-65(2)61-31-17-13-23-49(61)42-48-22-12-15-29-57(48)58-40-38-55(44-51(58)43-50-24-14-18-32-62(50)65)67(54-36-34-47(35-37-54)46-20-6-3-7-21-46)56-39-41-60-59-30-16-19-33-63(59)66(64(60)45-56,52-25-8-4-9-26-52)53-27-10-5-11-28-53/h3-41,44-45H,42-43H2,1-2H3. The van der Waals surface area contributed by atoms with E-state index in [1.54, 1.807) is 0 Å². The minimum atomic E-state index is -0.521. The van der Waals surface area contributed by atoms with Gasteiger partial charge in [-0.05, 0) is 138 Å². The van der Waals surface area contributed by atoms with Gasteiger partial charge in [-0.3, -0.25) is 0 Å². The van der Waals surface area contributed by atoms with Crippen LogP contribution >= 0.6 is 0 Å². The first-order valence-electron chi connectivity index (χ1n) is 23.7. The Morgan fingerprint density at radius 1 is 0.299 bits per heavy atom. The lowest BCUT2D eigenvalue weighted by atomic mass is 9.67. The van der Waals surface area contributed by atoms with Crippen molar-refractivity contribution >= 4 is 17.1 Å². The van der Waals surface area contributed by atoms with E-state index in [1.807, 2.05) is 0 Å². The second kappa shape index (κ2) is 16.5. The van der Waals surface area contributed by atoms with Gasteiger partial charge < -0.3 is 4.90 Å². The molecule has 0 saturated heterocycles. The SMILES string of the molecule is CC1(C)c2ccccc2Cc2ccccc2-c2ccc(N(c3ccc(-c4ccccc4)cc3)c3ccc4c(c3)C(c3ccccc3)(c3ccccc3)c3ccccc3-4)cc2Cc2ccccc21. The van der Waals surface area contributed by atoms with E-state index in [9.17, 15) is 0 Å². The molecule has 320 valence electrons. The molecule has 67 heavy (non-hydrogen) atoms. The molecule has 0 fully saturated rings. The monoisotopic (exact) mass is 857 g/mol. The number of anilines is 3. The Morgan fingerprint density at radius 2 is 0.716 bits per heavy atom. The molecule has 0 radical (unpaired) electrons. The summed E-state index contributed by atoms with van der Waals surface area (Å²) in [5.74, 6) is 0. The number of rotatable bonds is 6. The van der Waals surface area contributed by atoms with Crippen molar-refractivity contribution in [1.29, 1.82) is 0 Å². The molecule has 0 unspecified atom stereocenters. The van der Waals surface area contributed by atoms with E-state index in [1.165, 1.54) is 89.0 Å². The summed E-state index contributed by atoms with van der Waals surface area (Å²) in [5, 5.41) is 0. The van der Waals surface area contributed by atoms with Gasteiger partial charge in [0.1, 0.15) is 0 Å². The van der Waals surface area contributed by atoms with Crippen molar-refractivity contribution in [3.05, 3.63) is 304 Å². The van der Waals surface area contributed by atoms with Gasteiger partial charge in [0.15, 0.2) is 0 Å². The van der Waals surface area contributed by atoms with Crippen molar-refractivity contribution in [1.82, 2.24) is 0 Å². The van der Waals surface area contributed by atoms with Crippen molar-refractivity contribution in [2.75, 3.05) is 4.90 Å². The molecule has 0 bridgehead atoms. The van der Waals surface area contributed by atoms with E-state index in [2.05, 4.69) is 267 Å². The third kappa shape index (κ3) is 6.76. The number of benzene rings is 10. The van der Waals surface area contributed by atoms with Gasteiger partial charge in [-0.2, -0.15) is 0 Å². The maximum absolute atomic E-state index is 2.49. The first-order chi connectivity index (χ1) is 33.0. The van der Waals surface area contributed by atoms with Crippen LogP contribution in [0.5, 0.6) is 0 Å². The lowest BCUT2D eigenvalue weighted by molar-refractivity contribution is 0.627. The van der Waals surface area contributed by atoms with Crippen LogP contribution in [0.3, 0.4) is 0 Å². The highest BCUT2D eigenvalue weighted by Crippen LogP contribution is 2.57. The molecule has 0 amide bonds. The molecule has 2 aliphatic rings. The molecule has 0 heterocycles. The van der Waals surface area contributed by atoms with E-state index in [-0.39, 0.29) is 5.41 Å². The van der Waals surface area contributed by atoms with Crippen molar-refractivity contribution in [3.63, 3.8) is 0 Å². The summed E-state index contributed by atoms with van der Waals surface area (Å²) < 4.78 is 0. The number of nitrogens with zero attached hydrogens (tertiary/aromatic N) is 1. The minimum Gasteiger partial charge on any atom is -0.310 e. The van der Waals surface area contributed by atoms with Crippen molar-refractivity contribution < 1.29 is 0 Å². The second-order valence-corrected chi connectivity index (χ2v) is 18.8. The molecule has 0 spiro atoms.